The maximum Gasteiger partial charge on any atom is 1.00 e. The van der Waals surface area contributed by atoms with Gasteiger partial charge in [0.05, 0.1) is 31.1 Å². The van der Waals surface area contributed by atoms with Crippen molar-refractivity contribution in [3.8, 4) is 0 Å². The van der Waals surface area contributed by atoms with Crippen LogP contribution in [0.3, 0.4) is 0 Å². The van der Waals surface area contributed by atoms with Gasteiger partial charge in [-0.25, -0.2) is 4.79 Å². The summed E-state index contributed by atoms with van der Waals surface area (Å²) in [4.78, 5) is 73.3. The number of aliphatic carboxylic acids is 1. The summed E-state index contributed by atoms with van der Waals surface area (Å²) in [6, 6.07) is 2.74. The zero-order valence-electron chi connectivity index (χ0n) is 19.6. The summed E-state index contributed by atoms with van der Waals surface area (Å²) < 4.78 is 9.61. The summed E-state index contributed by atoms with van der Waals surface area (Å²) in [5.74, 6) is -3.95. The average Bonchev–Trinajstić information content (AvgIpc) is 3.32. The Morgan fingerprint density at radius 2 is 1.92 bits per heavy atom. The molecule has 188 valence electrons. The van der Waals surface area contributed by atoms with Crippen LogP contribution in [-0.4, -0.2) is 71.0 Å². The summed E-state index contributed by atoms with van der Waals surface area (Å²) in [6.07, 6.45) is -1.50. The first-order chi connectivity index (χ1) is 16.7. The fraction of sp³-hybridized carbons (Fsp3) is 0.429. The fourth-order valence-electron chi connectivity index (χ4n) is 3.38. The Morgan fingerprint density at radius 1 is 1.17 bits per heavy atom. The predicted octanol–water partition coefficient (Wildman–Crippen LogP) is -3.71. The van der Waals surface area contributed by atoms with Crippen LogP contribution in [0, 0.1) is 0 Å². The van der Waals surface area contributed by atoms with E-state index in [1.807, 2.05) is 16.8 Å². The van der Waals surface area contributed by atoms with E-state index in [-0.39, 0.29) is 72.7 Å². The SMILES string of the molecule is CCOC(=O)NC(=O)CCC(=O)OCC1=C(C(=O)[O-])N2C(=O)[C@@H](NC(=O)Cc3cccs3)[C@@H]2SC1.[Na+]. The van der Waals surface area contributed by atoms with Crippen LogP contribution in [-0.2, 0) is 39.9 Å². The fourth-order valence-corrected chi connectivity index (χ4v) is 5.41. The van der Waals surface area contributed by atoms with Crippen molar-refractivity contribution >= 4 is 58.9 Å². The molecule has 1 aromatic heterocycles. The van der Waals surface area contributed by atoms with Crippen LogP contribution in [0.15, 0.2) is 28.8 Å². The van der Waals surface area contributed by atoms with Gasteiger partial charge in [-0.2, -0.15) is 0 Å². The Balaban J connectivity index is 0.00000456. The molecule has 4 amide bonds. The number of esters is 1. The second-order valence-electron chi connectivity index (χ2n) is 7.38. The van der Waals surface area contributed by atoms with E-state index in [9.17, 15) is 33.9 Å². The summed E-state index contributed by atoms with van der Waals surface area (Å²) in [6.45, 7) is 1.23. The predicted molar refractivity (Wildman–Crippen MR) is 120 cm³/mol. The van der Waals surface area contributed by atoms with Gasteiger partial charge in [-0.1, -0.05) is 6.07 Å². The van der Waals surface area contributed by atoms with Gasteiger partial charge < -0.3 is 24.7 Å². The minimum atomic E-state index is -1.60. The number of hydrogen-bond donors (Lipinski definition) is 2. The number of amides is 4. The van der Waals surface area contributed by atoms with Gasteiger partial charge in [0, 0.05) is 22.6 Å². The van der Waals surface area contributed by atoms with Gasteiger partial charge in [0.15, 0.2) is 0 Å². The number of imide groups is 1. The molecule has 2 N–H and O–H groups in total. The number of hydrogen-bond acceptors (Lipinski definition) is 11. The molecule has 2 atom stereocenters. The molecular formula is C21H22N3NaO9S2. The molecule has 0 bridgehead atoms. The number of nitrogens with zero attached hydrogens (tertiary/aromatic N) is 1. The average molecular weight is 548 g/mol. The molecule has 1 fully saturated rings. The molecule has 0 saturated carbocycles. The Hall–Kier alpha value is -2.39. The van der Waals surface area contributed by atoms with Gasteiger partial charge in [-0.15, -0.1) is 23.1 Å². The van der Waals surface area contributed by atoms with Crippen molar-refractivity contribution in [2.45, 2.75) is 37.6 Å². The van der Waals surface area contributed by atoms with Crippen molar-refractivity contribution in [2.24, 2.45) is 0 Å². The Kier molecular flexibility index (Phi) is 11.4. The van der Waals surface area contributed by atoms with Gasteiger partial charge in [0.1, 0.15) is 18.0 Å². The number of alkyl carbamates (subject to hydrolysis) is 1. The third-order valence-corrected chi connectivity index (χ3v) is 7.17. The molecule has 12 nitrogen and oxygen atoms in total. The van der Waals surface area contributed by atoms with Crippen LogP contribution in [0.2, 0.25) is 0 Å². The normalized spacial score (nSPS) is 18.2. The maximum atomic E-state index is 12.6. The van der Waals surface area contributed by atoms with Crippen molar-refractivity contribution in [1.29, 1.82) is 0 Å². The molecule has 2 aliphatic rings. The van der Waals surface area contributed by atoms with Gasteiger partial charge in [0.25, 0.3) is 5.91 Å². The minimum Gasteiger partial charge on any atom is -0.543 e. The largest absolute Gasteiger partial charge is 1.00 e. The number of β-lactam (4-membered cyclic amide) rings is 1. The molecule has 15 heteroatoms. The quantitative estimate of drug-likeness (QED) is 0.169. The number of rotatable bonds is 10. The van der Waals surface area contributed by atoms with Crippen molar-refractivity contribution in [3.63, 3.8) is 0 Å². The molecule has 1 saturated heterocycles. The molecule has 0 radical (unpaired) electrons. The smallest absolute Gasteiger partial charge is 0.543 e. The number of thioether (sulfide) groups is 1. The second-order valence-corrected chi connectivity index (χ2v) is 9.52. The third-order valence-electron chi connectivity index (χ3n) is 4.95. The van der Waals surface area contributed by atoms with E-state index in [0.29, 0.717) is 0 Å². The van der Waals surface area contributed by atoms with Gasteiger partial charge in [-0.3, -0.25) is 29.4 Å². The summed E-state index contributed by atoms with van der Waals surface area (Å²) in [7, 11) is 0. The van der Waals surface area contributed by atoms with E-state index < -0.39 is 53.6 Å². The van der Waals surface area contributed by atoms with Gasteiger partial charge in [0.2, 0.25) is 11.8 Å². The van der Waals surface area contributed by atoms with E-state index in [1.165, 1.54) is 23.1 Å². The number of carboxylic acid groups (broad SMARTS) is 1. The Bertz CT molecular complexity index is 1060. The van der Waals surface area contributed by atoms with Crippen molar-refractivity contribution in [3.05, 3.63) is 33.7 Å². The van der Waals surface area contributed by atoms with Crippen LogP contribution < -0.4 is 45.3 Å². The van der Waals surface area contributed by atoms with Crippen molar-refractivity contribution < 1.29 is 72.9 Å². The molecule has 2 aliphatic heterocycles. The first kappa shape index (κ1) is 29.8. The second kappa shape index (κ2) is 13.8. The first-order valence-corrected chi connectivity index (χ1v) is 12.5. The number of carboxylic acids is 1. The van der Waals surface area contributed by atoms with Crippen LogP contribution in [0.5, 0.6) is 0 Å². The van der Waals surface area contributed by atoms with Crippen molar-refractivity contribution in [2.75, 3.05) is 19.0 Å². The molecule has 36 heavy (non-hydrogen) atoms. The van der Waals surface area contributed by atoms with E-state index in [1.54, 1.807) is 13.0 Å². The number of nitrogens with one attached hydrogen (secondary N) is 2. The number of carbonyl (C=O) groups excluding carboxylic acids is 6. The van der Waals surface area contributed by atoms with Crippen LogP contribution >= 0.6 is 23.1 Å². The number of thiophene rings is 1. The van der Waals surface area contributed by atoms with E-state index in [2.05, 4.69) is 10.1 Å². The van der Waals surface area contributed by atoms with Crippen molar-refractivity contribution in [1.82, 2.24) is 15.5 Å². The zero-order chi connectivity index (χ0) is 25.5. The molecule has 0 spiro atoms. The van der Waals surface area contributed by atoms with Gasteiger partial charge in [-0.05, 0) is 18.4 Å². The van der Waals surface area contributed by atoms with E-state index >= 15 is 0 Å². The molecule has 3 heterocycles. The zero-order valence-corrected chi connectivity index (χ0v) is 23.2. The first-order valence-electron chi connectivity index (χ1n) is 10.5. The molecule has 3 rings (SSSR count). The van der Waals surface area contributed by atoms with Crippen LogP contribution in [0.4, 0.5) is 4.79 Å². The third kappa shape index (κ3) is 7.56. The summed E-state index contributed by atoms with van der Waals surface area (Å²) >= 11 is 2.63. The van der Waals surface area contributed by atoms with Crippen LogP contribution in [0.25, 0.3) is 0 Å². The van der Waals surface area contributed by atoms with E-state index in [4.69, 9.17) is 4.74 Å². The molecule has 1 aromatic rings. The summed E-state index contributed by atoms with van der Waals surface area (Å²) in [5.41, 5.74) is -0.234. The maximum absolute atomic E-state index is 12.6. The minimum absolute atomic E-state index is 0. The van der Waals surface area contributed by atoms with Gasteiger partial charge >= 0.3 is 41.6 Å². The standard InChI is InChI=1S/C21H23N3O9S2.Na/c1-2-32-21(31)23-13(25)5-6-15(27)33-9-11-10-35-19-16(18(28)24(19)17(11)20(29)30)22-14(26)8-12-4-3-7-34-12;/h3-4,7,16,19H,2,5-6,8-10H2,1H3,(H,22,26)(H,29,30)(H,23,25,31);/q;+1/p-1/t16-,19+;/m1./s1. The monoisotopic (exact) mass is 547 g/mol. The number of ether oxygens (including phenoxy) is 2. The number of fused-ring (bicyclic) bond motifs is 1. The Morgan fingerprint density at radius 3 is 2.56 bits per heavy atom. The molecule has 0 aromatic carbocycles. The molecule has 0 aliphatic carbocycles. The molecular weight excluding hydrogens is 525 g/mol. The summed E-state index contributed by atoms with van der Waals surface area (Å²) in [5, 5.41) is 17.6. The van der Waals surface area contributed by atoms with E-state index in [0.717, 1.165) is 9.78 Å². The Labute approximate surface area is 236 Å². The van der Waals surface area contributed by atoms with Crippen LogP contribution in [0.1, 0.15) is 24.6 Å². The number of carbonyl (C=O) groups is 6. The topological polar surface area (TPSA) is 171 Å². The molecule has 0 unspecified atom stereocenters.